The van der Waals surface area contributed by atoms with Gasteiger partial charge in [0.05, 0.1) is 5.56 Å². The molecular weight excluding hydrogens is 374 g/mol. The van der Waals surface area contributed by atoms with Crippen LogP contribution in [0, 0.1) is 25.6 Å². The lowest BCUT2D eigenvalue weighted by Gasteiger charge is -2.11. The molecular formula is C18H18F2N4O2S. The molecule has 3 heterocycles. The van der Waals surface area contributed by atoms with Crippen molar-refractivity contribution < 1.29 is 17.2 Å². The van der Waals surface area contributed by atoms with Crippen LogP contribution >= 0.6 is 0 Å². The van der Waals surface area contributed by atoms with E-state index in [9.17, 15) is 17.2 Å². The molecule has 0 fully saturated rings. The fourth-order valence-corrected chi connectivity index (χ4v) is 4.05. The van der Waals surface area contributed by atoms with Crippen LogP contribution in [0.1, 0.15) is 16.8 Å². The van der Waals surface area contributed by atoms with Gasteiger partial charge in [0.25, 0.3) is 10.0 Å². The molecule has 0 saturated heterocycles. The number of nitrogens with one attached hydrogen (secondary N) is 1. The van der Waals surface area contributed by atoms with Gasteiger partial charge in [0.2, 0.25) is 5.95 Å². The topological polar surface area (TPSA) is 76.9 Å². The van der Waals surface area contributed by atoms with Gasteiger partial charge in [-0.1, -0.05) is 6.07 Å². The zero-order chi connectivity index (χ0) is 19.8. The van der Waals surface area contributed by atoms with Crippen LogP contribution < -0.4 is 5.32 Å². The average Bonchev–Trinajstić information content (AvgIpc) is 2.95. The summed E-state index contributed by atoms with van der Waals surface area (Å²) in [7, 11) is -2.65. The number of nitrogens with zero attached hydrogens (tertiary/aromatic N) is 3. The van der Waals surface area contributed by atoms with Crippen molar-refractivity contribution in [3.63, 3.8) is 0 Å². The van der Waals surface area contributed by atoms with Crippen molar-refractivity contribution in [2.75, 3.05) is 7.05 Å². The summed E-state index contributed by atoms with van der Waals surface area (Å²) < 4.78 is 56.2. The minimum atomic E-state index is -4.25. The molecule has 0 spiro atoms. The van der Waals surface area contributed by atoms with Gasteiger partial charge in [-0.25, -0.2) is 18.3 Å². The quantitative estimate of drug-likeness (QED) is 0.676. The standard InChI is InChI=1S/C18H18F2N4O2S/c1-11-6-7-15(23-12(11)2)27(25,26)24-10-13(9-21-3)16(19)17(24)14-5-4-8-22-18(14)20/h4-8,10,21H,9H2,1-3H3. The Morgan fingerprint density at radius 3 is 2.56 bits per heavy atom. The van der Waals surface area contributed by atoms with Gasteiger partial charge in [0.15, 0.2) is 10.8 Å². The lowest BCUT2D eigenvalue weighted by molar-refractivity contribution is 0.573. The molecule has 0 unspecified atom stereocenters. The number of aromatic nitrogens is 3. The van der Waals surface area contributed by atoms with E-state index >= 15 is 0 Å². The van der Waals surface area contributed by atoms with E-state index < -0.39 is 27.5 Å². The van der Waals surface area contributed by atoms with E-state index in [2.05, 4.69) is 15.3 Å². The van der Waals surface area contributed by atoms with Gasteiger partial charge in [-0.3, -0.25) is 0 Å². The molecule has 0 bridgehead atoms. The summed E-state index contributed by atoms with van der Waals surface area (Å²) in [5.74, 6) is -1.79. The summed E-state index contributed by atoms with van der Waals surface area (Å²) in [6.45, 7) is 3.55. The molecule has 0 saturated carbocycles. The summed E-state index contributed by atoms with van der Waals surface area (Å²) >= 11 is 0. The first kappa shape index (κ1) is 19.1. The Labute approximate surface area is 156 Å². The van der Waals surface area contributed by atoms with Crippen molar-refractivity contribution in [2.24, 2.45) is 0 Å². The molecule has 0 radical (unpaired) electrons. The molecule has 3 aromatic heterocycles. The van der Waals surface area contributed by atoms with Crippen molar-refractivity contribution in [3.05, 3.63) is 65.2 Å². The molecule has 0 aliphatic rings. The second-order valence-electron chi connectivity index (χ2n) is 6.04. The minimum Gasteiger partial charge on any atom is -0.316 e. The smallest absolute Gasteiger partial charge is 0.285 e. The Morgan fingerprint density at radius 1 is 1.19 bits per heavy atom. The first-order chi connectivity index (χ1) is 12.8. The predicted molar refractivity (Wildman–Crippen MR) is 96.6 cm³/mol. The van der Waals surface area contributed by atoms with Gasteiger partial charge in [-0.15, -0.1) is 0 Å². The normalized spacial score (nSPS) is 11.7. The van der Waals surface area contributed by atoms with Crippen LogP contribution in [0.3, 0.4) is 0 Å². The van der Waals surface area contributed by atoms with Gasteiger partial charge >= 0.3 is 0 Å². The third kappa shape index (κ3) is 3.35. The van der Waals surface area contributed by atoms with Gasteiger partial charge in [0.1, 0.15) is 5.69 Å². The summed E-state index contributed by atoms with van der Waals surface area (Å²) in [5, 5.41) is 2.52. The van der Waals surface area contributed by atoms with E-state index in [0.29, 0.717) is 5.69 Å². The maximum Gasteiger partial charge on any atom is 0.285 e. The third-order valence-corrected chi connectivity index (χ3v) is 5.77. The largest absolute Gasteiger partial charge is 0.316 e. The highest BCUT2D eigenvalue weighted by molar-refractivity contribution is 7.90. The van der Waals surface area contributed by atoms with Crippen molar-refractivity contribution in [1.29, 1.82) is 0 Å². The molecule has 0 atom stereocenters. The minimum absolute atomic E-state index is 0.0730. The van der Waals surface area contributed by atoms with Crippen LogP contribution in [0.25, 0.3) is 11.3 Å². The number of aryl methyl sites for hydroxylation is 2. The van der Waals surface area contributed by atoms with E-state index in [-0.39, 0.29) is 22.7 Å². The van der Waals surface area contributed by atoms with Crippen LogP contribution in [0.2, 0.25) is 0 Å². The second-order valence-corrected chi connectivity index (χ2v) is 7.80. The first-order valence-electron chi connectivity index (χ1n) is 8.12. The van der Waals surface area contributed by atoms with E-state index in [1.807, 2.05) is 0 Å². The van der Waals surface area contributed by atoms with E-state index in [1.54, 1.807) is 27.0 Å². The number of hydrogen-bond donors (Lipinski definition) is 1. The zero-order valence-electron chi connectivity index (χ0n) is 15.0. The highest BCUT2D eigenvalue weighted by Gasteiger charge is 2.29. The van der Waals surface area contributed by atoms with Crippen LogP contribution in [0.5, 0.6) is 0 Å². The van der Waals surface area contributed by atoms with Gasteiger partial charge in [0, 0.05) is 30.2 Å². The Balaban J connectivity index is 2.30. The lowest BCUT2D eigenvalue weighted by atomic mass is 10.2. The van der Waals surface area contributed by atoms with E-state index in [0.717, 1.165) is 15.7 Å². The van der Waals surface area contributed by atoms with Crippen molar-refractivity contribution >= 4 is 10.0 Å². The fraction of sp³-hybridized carbons (Fsp3) is 0.222. The summed E-state index contributed by atoms with van der Waals surface area (Å²) in [5.41, 5.74) is 0.786. The molecule has 27 heavy (non-hydrogen) atoms. The summed E-state index contributed by atoms with van der Waals surface area (Å²) in [6, 6.07) is 5.65. The SMILES string of the molecule is CNCc1cn(S(=O)(=O)c2ccc(C)c(C)n2)c(-c2cccnc2F)c1F. The summed E-state index contributed by atoms with van der Waals surface area (Å²) in [4.78, 5) is 7.61. The molecule has 9 heteroatoms. The monoisotopic (exact) mass is 392 g/mol. The second kappa shape index (κ2) is 7.16. The first-order valence-corrected chi connectivity index (χ1v) is 9.56. The maximum atomic E-state index is 15.0. The Hall–Kier alpha value is -2.65. The molecule has 3 rings (SSSR count). The number of halogens is 2. The van der Waals surface area contributed by atoms with Crippen LogP contribution in [-0.4, -0.2) is 29.4 Å². The van der Waals surface area contributed by atoms with Crippen molar-refractivity contribution in [2.45, 2.75) is 25.4 Å². The molecule has 6 nitrogen and oxygen atoms in total. The number of rotatable bonds is 5. The molecule has 0 amide bonds. The predicted octanol–water partition coefficient (Wildman–Crippen LogP) is 2.80. The van der Waals surface area contributed by atoms with Crippen LogP contribution in [0.4, 0.5) is 8.78 Å². The van der Waals surface area contributed by atoms with Gasteiger partial charge in [-0.05, 0) is 44.7 Å². The Bertz CT molecular complexity index is 1110. The maximum absolute atomic E-state index is 15.0. The van der Waals surface area contributed by atoms with Gasteiger partial charge < -0.3 is 5.32 Å². The van der Waals surface area contributed by atoms with Crippen molar-refractivity contribution in [3.8, 4) is 11.3 Å². The molecule has 142 valence electrons. The third-order valence-electron chi connectivity index (χ3n) is 4.21. The van der Waals surface area contributed by atoms with E-state index in [4.69, 9.17) is 0 Å². The molecule has 0 aromatic carbocycles. The van der Waals surface area contributed by atoms with Crippen molar-refractivity contribution in [1.82, 2.24) is 19.3 Å². The van der Waals surface area contributed by atoms with Crippen LogP contribution in [-0.2, 0) is 16.6 Å². The number of hydrogen-bond acceptors (Lipinski definition) is 5. The highest BCUT2D eigenvalue weighted by atomic mass is 32.2. The van der Waals surface area contributed by atoms with Crippen LogP contribution in [0.15, 0.2) is 41.7 Å². The Kier molecular flexibility index (Phi) is 5.07. The molecule has 0 aliphatic carbocycles. The highest BCUT2D eigenvalue weighted by Crippen LogP contribution is 2.31. The van der Waals surface area contributed by atoms with E-state index in [1.165, 1.54) is 24.4 Å². The number of pyridine rings is 2. The lowest BCUT2D eigenvalue weighted by Crippen LogP contribution is -2.16. The summed E-state index contributed by atoms with van der Waals surface area (Å²) in [6.07, 6.45) is 2.34. The fourth-order valence-electron chi connectivity index (χ4n) is 2.67. The Morgan fingerprint density at radius 2 is 1.93 bits per heavy atom. The zero-order valence-corrected chi connectivity index (χ0v) is 15.8. The molecule has 3 aromatic rings. The van der Waals surface area contributed by atoms with Gasteiger partial charge in [-0.2, -0.15) is 12.8 Å². The molecule has 0 aliphatic heterocycles. The average molecular weight is 392 g/mol. The molecule has 1 N–H and O–H groups in total.